The summed E-state index contributed by atoms with van der Waals surface area (Å²) < 4.78 is 40.8. The van der Waals surface area contributed by atoms with Gasteiger partial charge >= 0.3 is 17.8 Å². The number of halogens is 4. The lowest BCUT2D eigenvalue weighted by atomic mass is 10.3. The molecule has 0 spiro atoms. The van der Waals surface area contributed by atoms with Crippen molar-refractivity contribution in [2.24, 2.45) is 14.1 Å². The Morgan fingerprint density at radius 2 is 1.72 bits per heavy atom. The van der Waals surface area contributed by atoms with Crippen molar-refractivity contribution in [2.45, 2.75) is 6.18 Å². The Bertz CT molecular complexity index is 1200. The third-order valence-corrected chi connectivity index (χ3v) is 4.04. The van der Waals surface area contributed by atoms with Crippen LogP contribution in [0.3, 0.4) is 0 Å². The number of carboxylic acid groups (broad SMARTS) is 1. The molecule has 1 aromatic carbocycles. The van der Waals surface area contributed by atoms with E-state index in [1.807, 2.05) is 6.07 Å². The zero-order valence-corrected chi connectivity index (χ0v) is 15.9. The molecule has 156 valence electrons. The smallest absolute Gasteiger partial charge is 0.490 e. The molecule has 0 saturated heterocycles. The van der Waals surface area contributed by atoms with Gasteiger partial charge in [0.2, 0.25) is 5.28 Å². The maximum Gasteiger partial charge on any atom is 0.490 e. The fourth-order valence-corrected chi connectivity index (χ4v) is 2.66. The van der Waals surface area contributed by atoms with Crippen molar-refractivity contribution in [3.8, 4) is 11.4 Å². The number of nitrogens with zero attached hydrogens (tertiary/aromatic N) is 4. The van der Waals surface area contributed by atoms with E-state index in [1.54, 1.807) is 25.2 Å². The van der Waals surface area contributed by atoms with Crippen LogP contribution in [-0.4, -0.2) is 43.0 Å². The Morgan fingerprint density at radius 3 is 2.24 bits per heavy atom. The second kappa shape index (κ2) is 7.99. The number of para-hydroxylation sites is 2. The van der Waals surface area contributed by atoms with Crippen LogP contribution in [0.15, 0.2) is 33.9 Å². The van der Waals surface area contributed by atoms with Gasteiger partial charge in [0.1, 0.15) is 5.75 Å². The first-order valence-corrected chi connectivity index (χ1v) is 8.07. The largest absolute Gasteiger partial charge is 0.495 e. The minimum absolute atomic E-state index is 0.0813. The van der Waals surface area contributed by atoms with Gasteiger partial charge in [-0.25, -0.2) is 9.59 Å². The zero-order valence-electron chi connectivity index (χ0n) is 15.2. The van der Waals surface area contributed by atoms with E-state index in [0.29, 0.717) is 11.4 Å². The van der Waals surface area contributed by atoms with E-state index < -0.39 is 23.4 Å². The van der Waals surface area contributed by atoms with Gasteiger partial charge in [-0.05, 0) is 23.7 Å². The summed E-state index contributed by atoms with van der Waals surface area (Å²) in [4.78, 5) is 37.5. The molecule has 2 heterocycles. The highest BCUT2D eigenvalue weighted by Crippen LogP contribution is 2.28. The lowest BCUT2D eigenvalue weighted by molar-refractivity contribution is -0.192. The summed E-state index contributed by atoms with van der Waals surface area (Å²) in [5, 5.41) is 7.21. The number of aromatic nitrogens is 4. The van der Waals surface area contributed by atoms with Crippen LogP contribution < -0.4 is 16.0 Å². The number of aliphatic carboxylic acids is 1. The highest BCUT2D eigenvalue weighted by molar-refractivity contribution is 6.29. The molecule has 0 aliphatic rings. The average molecular weight is 435 g/mol. The average Bonchev–Trinajstić information content (AvgIpc) is 3.01. The van der Waals surface area contributed by atoms with E-state index >= 15 is 0 Å². The summed E-state index contributed by atoms with van der Waals surface area (Å²) in [7, 11) is 4.48. The molecule has 0 atom stereocenters. The van der Waals surface area contributed by atoms with Gasteiger partial charge in [-0.3, -0.25) is 18.5 Å². The molecule has 0 unspecified atom stereocenters. The van der Waals surface area contributed by atoms with Crippen LogP contribution in [-0.2, 0) is 18.9 Å². The number of carbonyl (C=O) groups is 1. The molecule has 0 saturated carbocycles. The van der Waals surface area contributed by atoms with E-state index in [4.69, 9.17) is 26.2 Å². The third kappa shape index (κ3) is 4.11. The highest BCUT2D eigenvalue weighted by atomic mass is 35.5. The molecule has 0 amide bonds. The van der Waals surface area contributed by atoms with Crippen LogP contribution in [0.25, 0.3) is 16.9 Å². The van der Waals surface area contributed by atoms with E-state index in [-0.39, 0.29) is 16.4 Å². The third-order valence-electron chi connectivity index (χ3n) is 3.79. The molecule has 3 aromatic rings. The monoisotopic (exact) mass is 434 g/mol. The van der Waals surface area contributed by atoms with Crippen LogP contribution in [0.5, 0.6) is 5.75 Å². The minimum atomic E-state index is -5.08. The van der Waals surface area contributed by atoms with Crippen molar-refractivity contribution < 1.29 is 27.8 Å². The predicted molar refractivity (Wildman–Crippen MR) is 96.8 cm³/mol. The number of carboxylic acids is 1. The Labute approximate surface area is 165 Å². The summed E-state index contributed by atoms with van der Waals surface area (Å²) in [5.74, 6) is -2.22. The number of alkyl halides is 3. The molecule has 29 heavy (non-hydrogen) atoms. The van der Waals surface area contributed by atoms with Crippen LogP contribution in [0, 0.1) is 0 Å². The number of methoxy groups -OCH3 is 1. The van der Waals surface area contributed by atoms with Crippen molar-refractivity contribution in [1.82, 2.24) is 18.7 Å². The number of imidazole rings is 1. The quantitative estimate of drug-likeness (QED) is 0.615. The zero-order chi connectivity index (χ0) is 22.1. The molecule has 1 N–H and O–H groups in total. The van der Waals surface area contributed by atoms with Crippen molar-refractivity contribution in [3.05, 3.63) is 50.4 Å². The topological polar surface area (TPSA) is 108 Å². The van der Waals surface area contributed by atoms with Gasteiger partial charge in [0.15, 0.2) is 11.2 Å². The number of fused-ring (bicyclic) bond motifs is 1. The van der Waals surface area contributed by atoms with Crippen LogP contribution in [0.2, 0.25) is 5.28 Å². The molecule has 9 nitrogen and oxygen atoms in total. The molecular weight excluding hydrogens is 421 g/mol. The van der Waals surface area contributed by atoms with Gasteiger partial charge < -0.3 is 9.84 Å². The van der Waals surface area contributed by atoms with Gasteiger partial charge in [-0.1, -0.05) is 12.1 Å². The molecule has 2 aromatic heterocycles. The molecule has 0 bridgehead atoms. The number of benzene rings is 1. The normalized spacial score (nSPS) is 11.1. The molecule has 3 rings (SSSR count). The Balaban J connectivity index is 0.000000370. The van der Waals surface area contributed by atoms with Crippen LogP contribution in [0.4, 0.5) is 13.2 Å². The molecule has 13 heteroatoms. The Hall–Kier alpha value is -3.28. The summed E-state index contributed by atoms with van der Waals surface area (Å²) >= 11 is 6.21. The summed E-state index contributed by atoms with van der Waals surface area (Å²) in [6.45, 7) is 0. The Kier molecular flexibility index (Phi) is 6.07. The molecule has 0 radical (unpaired) electrons. The number of ether oxygens (including phenoxy) is 1. The molecule has 0 aliphatic heterocycles. The van der Waals surface area contributed by atoms with Gasteiger partial charge in [-0.2, -0.15) is 18.2 Å². The first-order chi connectivity index (χ1) is 13.4. The first kappa shape index (κ1) is 22.0. The van der Waals surface area contributed by atoms with Crippen LogP contribution >= 0.6 is 11.6 Å². The summed E-state index contributed by atoms with van der Waals surface area (Å²) in [6.07, 6.45) is -5.08. The standard InChI is InChI=1S/C14H13ClN4O3.C2HF3O2/c1-17-11-10(12(20)18(2)14(17)21)19(13(15)16-11)8-6-4-5-7-9(8)22-3;3-2(4,5)1(6)7/h4-7H,1-3H3;(H,6,7). The van der Waals surface area contributed by atoms with Gasteiger partial charge in [0.05, 0.1) is 12.8 Å². The van der Waals surface area contributed by atoms with Gasteiger partial charge in [-0.15, -0.1) is 0 Å². The molecule has 0 aliphatic carbocycles. The highest BCUT2D eigenvalue weighted by Gasteiger charge is 2.38. The first-order valence-electron chi connectivity index (χ1n) is 7.69. The van der Waals surface area contributed by atoms with E-state index in [9.17, 15) is 22.8 Å². The lowest BCUT2D eigenvalue weighted by Gasteiger charge is -2.11. The van der Waals surface area contributed by atoms with Crippen LogP contribution in [0.1, 0.15) is 0 Å². The minimum Gasteiger partial charge on any atom is -0.495 e. The number of hydrogen-bond donors (Lipinski definition) is 1. The van der Waals surface area contributed by atoms with Crippen molar-refractivity contribution in [1.29, 1.82) is 0 Å². The fourth-order valence-electron chi connectivity index (χ4n) is 2.40. The molecule has 0 fully saturated rings. The van der Waals surface area contributed by atoms with Crippen molar-refractivity contribution >= 4 is 28.7 Å². The van der Waals surface area contributed by atoms with Gasteiger partial charge in [0.25, 0.3) is 5.56 Å². The Morgan fingerprint density at radius 1 is 1.17 bits per heavy atom. The fraction of sp³-hybridized carbons (Fsp3) is 0.250. The van der Waals surface area contributed by atoms with E-state index in [2.05, 4.69) is 4.98 Å². The van der Waals surface area contributed by atoms with Crippen molar-refractivity contribution in [2.75, 3.05) is 7.11 Å². The maximum absolute atomic E-state index is 12.5. The molecular formula is C16H14ClF3N4O5. The number of aryl methyl sites for hydroxylation is 1. The second-order valence-electron chi connectivity index (χ2n) is 5.57. The van der Waals surface area contributed by atoms with E-state index in [1.165, 1.54) is 23.3 Å². The van der Waals surface area contributed by atoms with Gasteiger partial charge in [0, 0.05) is 14.1 Å². The number of hydrogen-bond acceptors (Lipinski definition) is 5. The predicted octanol–water partition coefficient (Wildman–Crippen LogP) is 1.72. The number of rotatable bonds is 2. The maximum atomic E-state index is 12.5. The lowest BCUT2D eigenvalue weighted by Crippen LogP contribution is -2.37. The second-order valence-corrected chi connectivity index (χ2v) is 5.91. The summed E-state index contributed by atoms with van der Waals surface area (Å²) in [6, 6.07) is 7.12. The summed E-state index contributed by atoms with van der Waals surface area (Å²) in [5.41, 5.74) is 0.0959. The van der Waals surface area contributed by atoms with Crippen molar-refractivity contribution in [3.63, 3.8) is 0 Å². The van der Waals surface area contributed by atoms with E-state index in [0.717, 1.165) is 4.57 Å². The SMILES string of the molecule is COc1ccccc1-n1c(Cl)nc2c1c(=O)n(C)c(=O)n2C.O=C(O)C(F)(F)F.